The van der Waals surface area contributed by atoms with Crippen LogP contribution in [0, 0.1) is 12.7 Å². The molecule has 0 fully saturated rings. The van der Waals surface area contributed by atoms with E-state index in [0.717, 1.165) is 29.2 Å². The molecule has 0 aliphatic carbocycles. The molecule has 0 bridgehead atoms. The quantitative estimate of drug-likeness (QED) is 0.473. The lowest BCUT2D eigenvalue weighted by Gasteiger charge is -2.12. The summed E-state index contributed by atoms with van der Waals surface area (Å²) in [7, 11) is 1.85. The van der Waals surface area contributed by atoms with E-state index < -0.39 is 0 Å². The number of nitrogens with zero attached hydrogens (tertiary/aromatic N) is 4. The molecule has 0 aliphatic heterocycles. The van der Waals surface area contributed by atoms with Crippen LogP contribution in [0.5, 0.6) is 11.5 Å². The van der Waals surface area contributed by atoms with Crippen molar-refractivity contribution in [3.05, 3.63) is 71.6 Å². The maximum atomic E-state index is 13.0. The maximum Gasteiger partial charge on any atom is 0.191 e. The Kier molecular flexibility index (Phi) is 6.78. The normalized spacial score (nSPS) is 11.4. The van der Waals surface area contributed by atoms with Crippen molar-refractivity contribution < 1.29 is 9.13 Å². The Labute approximate surface area is 169 Å². The van der Waals surface area contributed by atoms with Crippen LogP contribution in [-0.4, -0.2) is 27.3 Å². The molecule has 0 radical (unpaired) electrons. The van der Waals surface area contributed by atoms with Gasteiger partial charge >= 0.3 is 0 Å². The number of guanidine groups is 1. The highest BCUT2D eigenvalue weighted by molar-refractivity contribution is 5.79. The average Bonchev–Trinajstić information content (AvgIpc) is 3.12. The fraction of sp³-hybridized carbons (Fsp3) is 0.286. The molecule has 0 spiro atoms. The predicted octanol–water partition coefficient (Wildman–Crippen LogP) is 3.31. The number of halogens is 1. The van der Waals surface area contributed by atoms with Gasteiger partial charge in [-0.05, 0) is 55.3 Å². The van der Waals surface area contributed by atoms with Crippen LogP contribution < -0.4 is 15.4 Å². The molecule has 8 heteroatoms. The topological polar surface area (TPSA) is 76.4 Å². The Bertz CT molecular complexity index is 968. The van der Waals surface area contributed by atoms with Crippen molar-refractivity contribution in [1.82, 2.24) is 25.4 Å². The van der Waals surface area contributed by atoms with Crippen LogP contribution in [0.4, 0.5) is 4.39 Å². The van der Waals surface area contributed by atoms with Crippen LogP contribution in [0.1, 0.15) is 23.9 Å². The molecule has 0 atom stereocenters. The SMILES string of the molecule is CCNC(=NCc1ccc(Oc2ccc(F)cc2)c(C)c1)NCc1ncnn1C. The van der Waals surface area contributed by atoms with Gasteiger partial charge in [-0.2, -0.15) is 5.10 Å². The fourth-order valence-corrected chi connectivity index (χ4v) is 2.71. The minimum absolute atomic E-state index is 0.286. The van der Waals surface area contributed by atoms with Crippen molar-refractivity contribution in [3.63, 3.8) is 0 Å². The van der Waals surface area contributed by atoms with Gasteiger partial charge in [0.2, 0.25) is 0 Å². The van der Waals surface area contributed by atoms with Gasteiger partial charge in [0.1, 0.15) is 29.5 Å². The van der Waals surface area contributed by atoms with Crippen LogP contribution in [0.15, 0.2) is 53.8 Å². The number of aromatic nitrogens is 3. The smallest absolute Gasteiger partial charge is 0.191 e. The molecule has 3 aromatic rings. The molecule has 2 N–H and O–H groups in total. The average molecular weight is 396 g/mol. The molecular weight excluding hydrogens is 371 g/mol. The van der Waals surface area contributed by atoms with Crippen LogP contribution in [0.25, 0.3) is 0 Å². The van der Waals surface area contributed by atoms with Gasteiger partial charge in [0.05, 0.1) is 13.1 Å². The van der Waals surface area contributed by atoms with Gasteiger partial charge in [-0.25, -0.2) is 14.4 Å². The van der Waals surface area contributed by atoms with E-state index in [1.807, 2.05) is 39.1 Å². The van der Waals surface area contributed by atoms with Crippen LogP contribution in [0.2, 0.25) is 0 Å². The van der Waals surface area contributed by atoms with Gasteiger partial charge < -0.3 is 15.4 Å². The third-order valence-corrected chi connectivity index (χ3v) is 4.26. The number of benzene rings is 2. The molecular formula is C21H25FN6O. The van der Waals surface area contributed by atoms with Gasteiger partial charge in [-0.15, -0.1) is 0 Å². The Hall–Kier alpha value is -3.42. The van der Waals surface area contributed by atoms with Crippen LogP contribution in [-0.2, 0) is 20.1 Å². The molecule has 1 heterocycles. The molecule has 0 saturated carbocycles. The summed E-state index contributed by atoms with van der Waals surface area (Å²) in [5.41, 5.74) is 2.05. The lowest BCUT2D eigenvalue weighted by atomic mass is 10.1. The largest absolute Gasteiger partial charge is 0.457 e. The first-order valence-corrected chi connectivity index (χ1v) is 9.43. The molecule has 29 heavy (non-hydrogen) atoms. The van der Waals surface area contributed by atoms with Crippen LogP contribution in [0.3, 0.4) is 0 Å². The Morgan fingerprint density at radius 2 is 1.97 bits per heavy atom. The van der Waals surface area contributed by atoms with Crippen LogP contribution >= 0.6 is 0 Å². The molecule has 0 aliphatic rings. The van der Waals surface area contributed by atoms with E-state index in [1.54, 1.807) is 16.8 Å². The summed E-state index contributed by atoms with van der Waals surface area (Å²) in [5.74, 6) is 2.58. The highest BCUT2D eigenvalue weighted by Gasteiger charge is 2.05. The summed E-state index contributed by atoms with van der Waals surface area (Å²) in [5, 5.41) is 10.5. The minimum atomic E-state index is -0.286. The number of rotatable bonds is 7. The predicted molar refractivity (Wildman–Crippen MR) is 110 cm³/mol. The van der Waals surface area contributed by atoms with Gasteiger partial charge in [-0.1, -0.05) is 12.1 Å². The number of hydrogen-bond acceptors (Lipinski definition) is 4. The molecule has 7 nitrogen and oxygen atoms in total. The van der Waals surface area contributed by atoms with Crippen molar-refractivity contribution in [3.8, 4) is 11.5 Å². The summed E-state index contributed by atoms with van der Waals surface area (Å²) >= 11 is 0. The van der Waals surface area contributed by atoms with Crippen molar-refractivity contribution >= 4 is 5.96 Å². The highest BCUT2D eigenvalue weighted by atomic mass is 19.1. The second-order valence-corrected chi connectivity index (χ2v) is 6.50. The first-order chi connectivity index (χ1) is 14.0. The van der Waals surface area contributed by atoms with Gasteiger partial charge in [0, 0.05) is 13.6 Å². The zero-order valence-electron chi connectivity index (χ0n) is 16.8. The fourth-order valence-electron chi connectivity index (χ4n) is 2.71. The molecule has 0 unspecified atom stereocenters. The van der Waals surface area contributed by atoms with Gasteiger partial charge in [0.25, 0.3) is 0 Å². The second kappa shape index (κ2) is 9.68. The third-order valence-electron chi connectivity index (χ3n) is 4.26. The van der Waals surface area contributed by atoms with E-state index in [1.165, 1.54) is 18.5 Å². The second-order valence-electron chi connectivity index (χ2n) is 6.50. The first-order valence-electron chi connectivity index (χ1n) is 9.43. The minimum Gasteiger partial charge on any atom is -0.457 e. The molecule has 3 rings (SSSR count). The maximum absolute atomic E-state index is 13.0. The number of hydrogen-bond donors (Lipinski definition) is 2. The lowest BCUT2D eigenvalue weighted by Crippen LogP contribution is -2.37. The van der Waals surface area contributed by atoms with E-state index in [2.05, 4.69) is 25.7 Å². The zero-order valence-corrected chi connectivity index (χ0v) is 16.8. The van der Waals surface area contributed by atoms with Crippen molar-refractivity contribution in [2.45, 2.75) is 26.9 Å². The standard InChI is InChI=1S/C21H25FN6O/c1-4-23-21(25-13-20-26-14-27-28(20)3)24-12-16-5-10-19(15(2)11-16)29-18-8-6-17(22)7-9-18/h5-11,14H,4,12-13H2,1-3H3,(H2,23,24,25). The van der Waals surface area contributed by atoms with E-state index in [4.69, 9.17) is 4.74 Å². The van der Waals surface area contributed by atoms with E-state index >= 15 is 0 Å². The van der Waals surface area contributed by atoms with Crippen molar-refractivity contribution in [1.29, 1.82) is 0 Å². The van der Waals surface area contributed by atoms with E-state index in [0.29, 0.717) is 24.8 Å². The number of aryl methyl sites for hydroxylation is 2. The lowest BCUT2D eigenvalue weighted by molar-refractivity contribution is 0.476. The monoisotopic (exact) mass is 396 g/mol. The highest BCUT2D eigenvalue weighted by Crippen LogP contribution is 2.26. The van der Waals surface area contributed by atoms with E-state index in [9.17, 15) is 4.39 Å². The van der Waals surface area contributed by atoms with E-state index in [-0.39, 0.29) is 5.82 Å². The Balaban J connectivity index is 1.63. The summed E-state index contributed by atoms with van der Waals surface area (Å²) in [6.45, 7) is 5.81. The summed E-state index contributed by atoms with van der Waals surface area (Å²) in [4.78, 5) is 8.83. The molecule has 2 aromatic carbocycles. The molecule has 152 valence electrons. The Morgan fingerprint density at radius 1 is 1.17 bits per heavy atom. The Morgan fingerprint density at radius 3 is 2.62 bits per heavy atom. The first kappa shape index (κ1) is 20.3. The molecule has 0 amide bonds. The summed E-state index contributed by atoms with van der Waals surface area (Å²) in [6, 6.07) is 11.9. The summed E-state index contributed by atoms with van der Waals surface area (Å²) < 4.78 is 20.6. The van der Waals surface area contributed by atoms with Gasteiger partial charge in [-0.3, -0.25) is 4.68 Å². The molecule has 1 aromatic heterocycles. The third kappa shape index (κ3) is 5.78. The van der Waals surface area contributed by atoms with Crippen molar-refractivity contribution in [2.24, 2.45) is 12.0 Å². The van der Waals surface area contributed by atoms with Gasteiger partial charge in [0.15, 0.2) is 5.96 Å². The number of aliphatic imine (C=N–C) groups is 1. The number of nitrogens with one attached hydrogen (secondary N) is 2. The number of ether oxygens (including phenoxy) is 1. The van der Waals surface area contributed by atoms with Crippen molar-refractivity contribution in [2.75, 3.05) is 6.54 Å². The molecule has 0 saturated heterocycles. The summed E-state index contributed by atoms with van der Waals surface area (Å²) in [6.07, 6.45) is 1.53. The zero-order chi connectivity index (χ0) is 20.6.